The van der Waals surface area contributed by atoms with Crippen molar-refractivity contribution in [1.82, 2.24) is 4.98 Å². The molecule has 3 nitrogen and oxygen atoms in total. The minimum atomic E-state index is -0.529. The van der Waals surface area contributed by atoms with E-state index in [-0.39, 0.29) is 6.04 Å². The molecule has 0 bridgehead atoms. The molecule has 0 aliphatic rings. The molecule has 1 aromatic heterocycles. The second-order valence-electron chi connectivity index (χ2n) is 2.55. The molecule has 0 radical (unpaired) electrons. The van der Waals surface area contributed by atoms with Crippen LogP contribution in [0, 0.1) is 0 Å². The van der Waals surface area contributed by atoms with Crippen molar-refractivity contribution < 1.29 is 5.11 Å². The highest BCUT2D eigenvalue weighted by Gasteiger charge is 2.10. The molecule has 0 amide bonds. The van der Waals surface area contributed by atoms with Crippen LogP contribution in [0.5, 0.6) is 0 Å². The Hall–Kier alpha value is -0.930. The normalized spacial score (nSPS) is 15.9. The van der Waals surface area contributed by atoms with E-state index in [1.807, 2.05) is 6.07 Å². The summed E-state index contributed by atoms with van der Waals surface area (Å²) in [6.07, 6.45) is 2.81. The first-order valence-corrected chi connectivity index (χ1v) is 3.55. The number of pyridine rings is 1. The molecule has 2 atom stereocenters. The molecule has 1 aromatic rings. The lowest BCUT2D eigenvalue weighted by molar-refractivity contribution is 0.164. The molecule has 3 N–H and O–H groups in total. The summed E-state index contributed by atoms with van der Waals surface area (Å²) in [4.78, 5) is 3.90. The van der Waals surface area contributed by atoms with Crippen molar-refractivity contribution in [3.63, 3.8) is 0 Å². The van der Waals surface area contributed by atoms with Gasteiger partial charge in [-0.2, -0.15) is 0 Å². The molecule has 1 rings (SSSR count). The van der Waals surface area contributed by atoms with Crippen molar-refractivity contribution in [1.29, 1.82) is 0 Å². The van der Waals surface area contributed by atoms with Crippen molar-refractivity contribution in [3.8, 4) is 0 Å². The predicted octanol–water partition coefficient (Wildman–Crippen LogP) is 0.462. The Labute approximate surface area is 65.9 Å². The molecule has 2 unspecified atom stereocenters. The molecule has 0 fully saturated rings. The van der Waals surface area contributed by atoms with Gasteiger partial charge in [-0.3, -0.25) is 4.98 Å². The zero-order chi connectivity index (χ0) is 8.27. The summed E-state index contributed by atoms with van der Waals surface area (Å²) in [7, 11) is 0. The Morgan fingerprint density at radius 1 is 1.64 bits per heavy atom. The molecular weight excluding hydrogens is 140 g/mol. The Kier molecular flexibility index (Phi) is 2.57. The standard InChI is InChI=1S/C8H12N2O/c1-6(11)8(9)7-3-2-4-10-5-7/h2-6,8,11H,9H2,1H3. The highest BCUT2D eigenvalue weighted by molar-refractivity contribution is 5.14. The molecule has 0 spiro atoms. The summed E-state index contributed by atoms with van der Waals surface area (Å²) in [6.45, 7) is 1.66. The average molecular weight is 152 g/mol. The number of nitrogens with two attached hydrogens (primary N) is 1. The molecule has 0 aliphatic carbocycles. The van der Waals surface area contributed by atoms with Gasteiger partial charge < -0.3 is 10.8 Å². The maximum absolute atomic E-state index is 9.12. The van der Waals surface area contributed by atoms with Crippen molar-refractivity contribution >= 4 is 0 Å². The number of hydrogen-bond acceptors (Lipinski definition) is 3. The Morgan fingerprint density at radius 2 is 2.36 bits per heavy atom. The third-order valence-corrected chi connectivity index (χ3v) is 1.59. The van der Waals surface area contributed by atoms with Crippen molar-refractivity contribution in [2.75, 3.05) is 0 Å². The first-order valence-electron chi connectivity index (χ1n) is 3.55. The zero-order valence-corrected chi connectivity index (χ0v) is 6.44. The lowest BCUT2D eigenvalue weighted by atomic mass is 10.1. The van der Waals surface area contributed by atoms with Gasteiger partial charge in [-0.1, -0.05) is 6.07 Å². The molecule has 0 aliphatic heterocycles. The highest BCUT2D eigenvalue weighted by atomic mass is 16.3. The number of aromatic nitrogens is 1. The van der Waals surface area contributed by atoms with Gasteiger partial charge in [0.05, 0.1) is 12.1 Å². The molecule has 60 valence electrons. The van der Waals surface area contributed by atoms with Crippen molar-refractivity contribution in [3.05, 3.63) is 30.1 Å². The van der Waals surface area contributed by atoms with Crippen LogP contribution in [0.3, 0.4) is 0 Å². The lowest BCUT2D eigenvalue weighted by Crippen LogP contribution is -2.23. The monoisotopic (exact) mass is 152 g/mol. The van der Waals surface area contributed by atoms with E-state index in [9.17, 15) is 0 Å². The predicted molar refractivity (Wildman–Crippen MR) is 42.8 cm³/mol. The number of hydrogen-bond donors (Lipinski definition) is 2. The minimum absolute atomic E-state index is 0.330. The number of aliphatic hydroxyl groups excluding tert-OH is 1. The van der Waals surface area contributed by atoms with Crippen LogP contribution in [0.4, 0.5) is 0 Å². The van der Waals surface area contributed by atoms with Gasteiger partial charge in [-0.25, -0.2) is 0 Å². The summed E-state index contributed by atoms with van der Waals surface area (Å²) >= 11 is 0. The van der Waals surface area contributed by atoms with E-state index in [1.165, 1.54) is 0 Å². The van der Waals surface area contributed by atoms with E-state index in [4.69, 9.17) is 10.8 Å². The van der Waals surface area contributed by atoms with Gasteiger partial charge in [0.2, 0.25) is 0 Å². The molecule has 0 saturated heterocycles. The lowest BCUT2D eigenvalue weighted by Gasteiger charge is -2.13. The zero-order valence-electron chi connectivity index (χ0n) is 6.44. The fourth-order valence-electron chi connectivity index (χ4n) is 0.852. The number of rotatable bonds is 2. The summed E-state index contributed by atoms with van der Waals surface area (Å²) < 4.78 is 0. The Morgan fingerprint density at radius 3 is 2.82 bits per heavy atom. The van der Waals surface area contributed by atoms with Gasteiger partial charge in [-0.15, -0.1) is 0 Å². The van der Waals surface area contributed by atoms with Crippen molar-refractivity contribution in [2.24, 2.45) is 5.73 Å². The van der Waals surface area contributed by atoms with Crippen LogP contribution in [0.15, 0.2) is 24.5 Å². The van der Waals surface area contributed by atoms with Gasteiger partial charge in [-0.05, 0) is 18.6 Å². The Balaban J connectivity index is 2.77. The summed E-state index contributed by atoms with van der Waals surface area (Å²) in [5.41, 5.74) is 6.51. The van der Waals surface area contributed by atoms with Crippen LogP contribution in [0.25, 0.3) is 0 Å². The van der Waals surface area contributed by atoms with Gasteiger partial charge >= 0.3 is 0 Å². The summed E-state index contributed by atoms with van der Waals surface area (Å²) in [5.74, 6) is 0. The molecular formula is C8H12N2O. The van der Waals surface area contributed by atoms with E-state index in [0.29, 0.717) is 0 Å². The van der Waals surface area contributed by atoms with Crippen LogP contribution in [-0.4, -0.2) is 16.2 Å². The van der Waals surface area contributed by atoms with Crippen molar-refractivity contribution in [2.45, 2.75) is 19.1 Å². The van der Waals surface area contributed by atoms with E-state index in [2.05, 4.69) is 4.98 Å². The van der Waals surface area contributed by atoms with E-state index >= 15 is 0 Å². The first-order chi connectivity index (χ1) is 5.22. The second-order valence-corrected chi connectivity index (χ2v) is 2.55. The summed E-state index contributed by atoms with van der Waals surface area (Å²) in [6, 6.07) is 3.32. The minimum Gasteiger partial charge on any atom is -0.391 e. The molecule has 3 heteroatoms. The van der Waals surface area contributed by atoms with E-state index in [1.54, 1.807) is 25.4 Å². The second kappa shape index (κ2) is 3.46. The first kappa shape index (κ1) is 8.17. The fourth-order valence-corrected chi connectivity index (χ4v) is 0.852. The molecule has 1 heterocycles. The molecule has 0 saturated carbocycles. The van der Waals surface area contributed by atoms with Crippen LogP contribution in [-0.2, 0) is 0 Å². The SMILES string of the molecule is CC(O)C(N)c1cccnc1. The van der Waals surface area contributed by atoms with Crippen LogP contribution in [0.2, 0.25) is 0 Å². The number of aliphatic hydroxyl groups is 1. The third kappa shape index (κ3) is 2.00. The Bertz CT molecular complexity index is 211. The van der Waals surface area contributed by atoms with E-state index in [0.717, 1.165) is 5.56 Å². The smallest absolute Gasteiger partial charge is 0.0705 e. The van der Waals surface area contributed by atoms with Crippen LogP contribution >= 0.6 is 0 Å². The van der Waals surface area contributed by atoms with Gasteiger partial charge in [0.15, 0.2) is 0 Å². The van der Waals surface area contributed by atoms with E-state index < -0.39 is 6.10 Å². The maximum atomic E-state index is 9.12. The third-order valence-electron chi connectivity index (χ3n) is 1.59. The quantitative estimate of drug-likeness (QED) is 0.647. The van der Waals surface area contributed by atoms with Crippen LogP contribution in [0.1, 0.15) is 18.5 Å². The fraction of sp³-hybridized carbons (Fsp3) is 0.375. The topological polar surface area (TPSA) is 59.1 Å². The van der Waals surface area contributed by atoms with Gasteiger partial charge in [0.1, 0.15) is 0 Å². The van der Waals surface area contributed by atoms with Gasteiger partial charge in [0, 0.05) is 12.4 Å². The van der Waals surface area contributed by atoms with Gasteiger partial charge in [0.25, 0.3) is 0 Å². The molecule has 0 aromatic carbocycles. The van der Waals surface area contributed by atoms with Crippen LogP contribution < -0.4 is 5.73 Å². The molecule has 11 heavy (non-hydrogen) atoms. The largest absolute Gasteiger partial charge is 0.391 e. The maximum Gasteiger partial charge on any atom is 0.0705 e. The summed E-state index contributed by atoms with van der Waals surface area (Å²) in [5, 5.41) is 9.12. The highest BCUT2D eigenvalue weighted by Crippen LogP contribution is 2.11. The number of nitrogens with zero attached hydrogens (tertiary/aromatic N) is 1. The average Bonchev–Trinajstić information content (AvgIpc) is 2.05.